The predicted octanol–water partition coefficient (Wildman–Crippen LogP) is 3.85. The Labute approximate surface area is 119 Å². The molecule has 3 nitrogen and oxygen atoms in total. The summed E-state index contributed by atoms with van der Waals surface area (Å²) in [7, 11) is 0. The maximum atomic E-state index is 12.6. The minimum atomic E-state index is -4.71. The first kappa shape index (κ1) is 13.9. The van der Waals surface area contributed by atoms with E-state index in [2.05, 4.69) is 14.7 Å². The number of alkyl halides is 3. The topological polar surface area (TPSA) is 35.0 Å². The van der Waals surface area contributed by atoms with E-state index in [0.29, 0.717) is 11.4 Å². The van der Waals surface area contributed by atoms with Gasteiger partial charge in [0.15, 0.2) is 0 Å². The maximum Gasteiger partial charge on any atom is 0.573 e. The van der Waals surface area contributed by atoms with Crippen molar-refractivity contribution in [3.05, 3.63) is 54.1 Å². The predicted molar refractivity (Wildman–Crippen MR) is 69.8 cm³/mol. The summed E-state index contributed by atoms with van der Waals surface area (Å²) in [5.74, 6) is 0.381. The summed E-state index contributed by atoms with van der Waals surface area (Å²) < 4.78 is 41.9. The molecule has 1 aliphatic rings. The Hall–Kier alpha value is -2.11. The molecule has 1 heterocycles. The van der Waals surface area contributed by atoms with Crippen LogP contribution < -0.4 is 4.74 Å². The normalized spacial score (nSPS) is 17.1. The first-order valence-corrected chi connectivity index (χ1v) is 6.64. The third-order valence-electron chi connectivity index (χ3n) is 3.83. The number of aromatic nitrogens is 2. The first-order chi connectivity index (χ1) is 10.0. The van der Waals surface area contributed by atoms with Crippen molar-refractivity contribution in [2.45, 2.75) is 31.0 Å². The van der Waals surface area contributed by atoms with E-state index in [-0.39, 0.29) is 5.75 Å². The number of halogens is 3. The number of hydrogen-bond donors (Lipinski definition) is 0. The van der Waals surface area contributed by atoms with Gasteiger partial charge in [-0.1, -0.05) is 24.6 Å². The Morgan fingerprint density at radius 2 is 1.67 bits per heavy atom. The SMILES string of the molecule is FC(F)(F)Oc1ccccc1C1(c2ncccn2)CCC1. The van der Waals surface area contributed by atoms with Gasteiger partial charge in [0.25, 0.3) is 0 Å². The molecule has 1 aliphatic carbocycles. The maximum absolute atomic E-state index is 12.6. The number of benzene rings is 1. The largest absolute Gasteiger partial charge is 0.573 e. The molecular weight excluding hydrogens is 281 g/mol. The van der Waals surface area contributed by atoms with Crippen LogP contribution in [-0.2, 0) is 5.41 Å². The highest BCUT2D eigenvalue weighted by molar-refractivity contribution is 5.45. The van der Waals surface area contributed by atoms with Crippen LogP contribution in [-0.4, -0.2) is 16.3 Å². The molecule has 6 heteroatoms. The molecule has 1 aromatic heterocycles. The average Bonchev–Trinajstić information content (AvgIpc) is 2.39. The number of ether oxygens (including phenoxy) is 1. The Morgan fingerprint density at radius 3 is 2.24 bits per heavy atom. The van der Waals surface area contributed by atoms with Gasteiger partial charge in [-0.2, -0.15) is 0 Å². The zero-order valence-electron chi connectivity index (χ0n) is 11.1. The monoisotopic (exact) mass is 294 g/mol. The number of rotatable bonds is 3. The highest BCUT2D eigenvalue weighted by atomic mass is 19.4. The van der Waals surface area contributed by atoms with Crippen LogP contribution in [0.25, 0.3) is 0 Å². The van der Waals surface area contributed by atoms with Crippen LogP contribution in [0.15, 0.2) is 42.7 Å². The van der Waals surface area contributed by atoms with Crippen molar-refractivity contribution in [3.63, 3.8) is 0 Å². The van der Waals surface area contributed by atoms with Crippen molar-refractivity contribution in [1.82, 2.24) is 9.97 Å². The van der Waals surface area contributed by atoms with Gasteiger partial charge in [-0.3, -0.25) is 0 Å². The Balaban J connectivity index is 2.06. The lowest BCUT2D eigenvalue weighted by Gasteiger charge is -2.41. The number of para-hydroxylation sites is 1. The van der Waals surface area contributed by atoms with Crippen molar-refractivity contribution in [3.8, 4) is 5.75 Å². The Morgan fingerprint density at radius 1 is 1.00 bits per heavy atom. The van der Waals surface area contributed by atoms with Crippen molar-refractivity contribution in [1.29, 1.82) is 0 Å². The van der Waals surface area contributed by atoms with Crippen LogP contribution in [0.3, 0.4) is 0 Å². The van der Waals surface area contributed by atoms with Crippen molar-refractivity contribution >= 4 is 0 Å². The van der Waals surface area contributed by atoms with E-state index < -0.39 is 11.8 Å². The van der Waals surface area contributed by atoms with Crippen LogP contribution in [0.1, 0.15) is 30.7 Å². The first-order valence-electron chi connectivity index (χ1n) is 6.64. The molecule has 0 N–H and O–H groups in total. The van der Waals surface area contributed by atoms with Gasteiger partial charge >= 0.3 is 6.36 Å². The van der Waals surface area contributed by atoms with Crippen LogP contribution in [0.4, 0.5) is 13.2 Å². The van der Waals surface area contributed by atoms with Crippen molar-refractivity contribution in [2.75, 3.05) is 0 Å². The van der Waals surface area contributed by atoms with Crippen molar-refractivity contribution in [2.24, 2.45) is 0 Å². The standard InChI is InChI=1S/C15H13F3N2O/c16-15(17,18)21-12-6-2-1-5-11(12)14(7-3-8-14)13-19-9-4-10-20-13/h1-2,4-6,9-10H,3,7-8H2. The van der Waals surface area contributed by atoms with Crippen molar-refractivity contribution < 1.29 is 17.9 Å². The fourth-order valence-electron chi connectivity index (χ4n) is 2.77. The molecule has 3 rings (SSSR count). The third-order valence-corrected chi connectivity index (χ3v) is 3.83. The highest BCUT2D eigenvalue weighted by Crippen LogP contribution is 2.50. The zero-order chi connectivity index (χ0) is 14.9. The molecule has 110 valence electrons. The third kappa shape index (κ3) is 2.57. The summed E-state index contributed by atoms with van der Waals surface area (Å²) in [5.41, 5.74) is -0.0805. The van der Waals surface area contributed by atoms with Gasteiger partial charge in [-0.25, -0.2) is 9.97 Å². The zero-order valence-corrected chi connectivity index (χ0v) is 11.1. The van der Waals surface area contributed by atoms with E-state index in [1.165, 1.54) is 12.1 Å². The molecule has 0 saturated heterocycles. The minimum absolute atomic E-state index is 0.169. The van der Waals surface area contributed by atoms with Crippen LogP contribution in [0, 0.1) is 0 Å². The van der Waals surface area contributed by atoms with Gasteiger partial charge in [0, 0.05) is 18.0 Å². The second-order valence-corrected chi connectivity index (χ2v) is 5.05. The molecular formula is C15H13F3N2O. The summed E-state index contributed by atoms with van der Waals surface area (Å²) in [6.45, 7) is 0. The summed E-state index contributed by atoms with van der Waals surface area (Å²) in [5, 5.41) is 0. The smallest absolute Gasteiger partial charge is 0.405 e. The molecule has 0 amide bonds. The van der Waals surface area contributed by atoms with Gasteiger partial charge < -0.3 is 4.74 Å². The number of nitrogens with zero attached hydrogens (tertiary/aromatic N) is 2. The molecule has 0 atom stereocenters. The molecule has 21 heavy (non-hydrogen) atoms. The summed E-state index contributed by atoms with van der Waals surface area (Å²) in [4.78, 5) is 8.48. The molecule has 0 bridgehead atoms. The van der Waals surface area contributed by atoms with Gasteiger partial charge in [0.2, 0.25) is 0 Å². The van der Waals surface area contributed by atoms with Gasteiger partial charge in [0.05, 0.1) is 5.41 Å². The molecule has 1 aromatic carbocycles. The number of hydrogen-bond acceptors (Lipinski definition) is 3. The molecule has 1 fully saturated rings. The second-order valence-electron chi connectivity index (χ2n) is 5.05. The lowest BCUT2D eigenvalue weighted by Crippen LogP contribution is -2.38. The quantitative estimate of drug-likeness (QED) is 0.862. The van der Waals surface area contributed by atoms with Gasteiger partial charge in [-0.05, 0) is 25.0 Å². The average molecular weight is 294 g/mol. The van der Waals surface area contributed by atoms with E-state index in [1.807, 2.05) is 0 Å². The Bertz CT molecular complexity index is 624. The Kier molecular flexibility index (Phi) is 3.31. The highest BCUT2D eigenvalue weighted by Gasteiger charge is 2.46. The van der Waals surface area contributed by atoms with Crippen LogP contribution in [0.2, 0.25) is 0 Å². The van der Waals surface area contributed by atoms with E-state index in [1.54, 1.807) is 30.6 Å². The molecule has 1 saturated carbocycles. The van der Waals surface area contributed by atoms with Gasteiger partial charge in [0.1, 0.15) is 11.6 Å². The van der Waals surface area contributed by atoms with E-state index in [4.69, 9.17) is 0 Å². The lowest BCUT2D eigenvalue weighted by atomic mass is 9.63. The molecule has 0 unspecified atom stereocenters. The summed E-state index contributed by atoms with van der Waals surface area (Å²) >= 11 is 0. The lowest BCUT2D eigenvalue weighted by molar-refractivity contribution is -0.275. The fourth-order valence-corrected chi connectivity index (χ4v) is 2.77. The van der Waals surface area contributed by atoms with E-state index >= 15 is 0 Å². The molecule has 0 spiro atoms. The van der Waals surface area contributed by atoms with E-state index in [0.717, 1.165) is 19.3 Å². The minimum Gasteiger partial charge on any atom is -0.405 e. The summed E-state index contributed by atoms with van der Waals surface area (Å²) in [6.07, 6.45) is 0.868. The van der Waals surface area contributed by atoms with Crippen LogP contribution >= 0.6 is 0 Å². The van der Waals surface area contributed by atoms with Crippen LogP contribution in [0.5, 0.6) is 5.75 Å². The second kappa shape index (κ2) is 5.02. The summed E-state index contributed by atoms with van der Waals surface area (Å²) in [6, 6.07) is 7.93. The van der Waals surface area contributed by atoms with E-state index in [9.17, 15) is 13.2 Å². The molecule has 0 radical (unpaired) electrons. The fraction of sp³-hybridized carbons (Fsp3) is 0.333. The molecule has 0 aliphatic heterocycles. The molecule has 2 aromatic rings. The van der Waals surface area contributed by atoms with Gasteiger partial charge in [-0.15, -0.1) is 13.2 Å².